The van der Waals surface area contributed by atoms with Gasteiger partial charge in [0.15, 0.2) is 12.3 Å². The smallest absolute Gasteiger partial charge is 0.247 e. The van der Waals surface area contributed by atoms with Gasteiger partial charge in [0.25, 0.3) is 0 Å². The second kappa shape index (κ2) is 10.7. The van der Waals surface area contributed by atoms with E-state index in [1.807, 2.05) is 13.0 Å². The molecule has 3 aliphatic rings. The molecule has 1 unspecified atom stereocenters. The van der Waals surface area contributed by atoms with Crippen LogP contribution in [0.15, 0.2) is 30.3 Å². The molecule has 2 aromatic rings. The minimum atomic E-state index is -0.462. The molecule has 5 rings (SSSR count). The summed E-state index contributed by atoms with van der Waals surface area (Å²) in [5, 5.41) is 6.33. The molecule has 7 heteroatoms. The molecule has 0 aromatic heterocycles. The van der Waals surface area contributed by atoms with Gasteiger partial charge in [-0.05, 0) is 43.3 Å². The van der Waals surface area contributed by atoms with Gasteiger partial charge in [-0.25, -0.2) is 8.97 Å². The lowest BCUT2D eigenvalue weighted by Crippen LogP contribution is -2.48. The Morgan fingerprint density at radius 3 is 2.72 bits per heavy atom. The first-order valence-corrected chi connectivity index (χ1v) is 13.4. The third kappa shape index (κ3) is 5.32. The average Bonchev–Trinajstić information content (AvgIpc) is 3.34. The number of aryl methyl sites for hydroxylation is 1. The first-order valence-electron chi connectivity index (χ1n) is 13.4. The van der Waals surface area contributed by atoms with Gasteiger partial charge in [-0.15, -0.1) is 0 Å². The van der Waals surface area contributed by atoms with Crippen molar-refractivity contribution in [3.05, 3.63) is 58.4 Å². The van der Waals surface area contributed by atoms with E-state index >= 15 is 0 Å². The zero-order chi connectivity index (χ0) is 25.2. The van der Waals surface area contributed by atoms with Gasteiger partial charge in [-0.3, -0.25) is 9.69 Å². The number of carbonyl (C=O) groups excluding carboxylic acids is 1. The van der Waals surface area contributed by atoms with Crippen molar-refractivity contribution in [2.45, 2.75) is 52.1 Å². The molecule has 0 saturated carbocycles. The molecule has 0 aliphatic carbocycles. The lowest BCUT2D eigenvalue weighted by Gasteiger charge is -2.32. The molecule has 3 aliphatic heterocycles. The van der Waals surface area contributed by atoms with Gasteiger partial charge in [-0.2, -0.15) is 0 Å². The zero-order valence-corrected chi connectivity index (χ0v) is 21.9. The monoisotopic (exact) mass is 492 g/mol. The van der Waals surface area contributed by atoms with E-state index in [0.29, 0.717) is 12.0 Å². The zero-order valence-electron chi connectivity index (χ0n) is 21.9. The normalized spacial score (nSPS) is 20.2. The fourth-order valence-electron chi connectivity index (χ4n) is 5.63. The number of hydrogen-bond donors (Lipinski definition) is 2. The fourth-order valence-corrected chi connectivity index (χ4v) is 5.63. The van der Waals surface area contributed by atoms with E-state index in [-0.39, 0.29) is 11.7 Å². The Bertz CT molecular complexity index is 1140. The van der Waals surface area contributed by atoms with Crippen LogP contribution in [0.2, 0.25) is 0 Å². The van der Waals surface area contributed by atoms with Crippen molar-refractivity contribution in [2.24, 2.45) is 0 Å². The maximum absolute atomic E-state index is 14.3. The van der Waals surface area contributed by atoms with Crippen molar-refractivity contribution in [1.29, 1.82) is 0 Å². The van der Waals surface area contributed by atoms with Crippen LogP contribution in [0.4, 0.5) is 15.8 Å². The summed E-state index contributed by atoms with van der Waals surface area (Å²) in [5.41, 5.74) is 7.28. The van der Waals surface area contributed by atoms with Gasteiger partial charge in [-0.1, -0.05) is 25.5 Å². The van der Waals surface area contributed by atoms with Gasteiger partial charge in [0.2, 0.25) is 5.91 Å². The van der Waals surface area contributed by atoms with E-state index in [2.05, 4.69) is 51.1 Å². The highest BCUT2D eigenvalue weighted by Crippen LogP contribution is 2.32. The van der Waals surface area contributed by atoms with Crippen LogP contribution in [-0.2, 0) is 24.2 Å². The summed E-state index contributed by atoms with van der Waals surface area (Å²) in [6, 6.07) is 9.09. The van der Waals surface area contributed by atoms with E-state index in [4.69, 9.17) is 0 Å². The summed E-state index contributed by atoms with van der Waals surface area (Å²) in [6.07, 6.45) is 3.69. The highest BCUT2D eigenvalue weighted by atomic mass is 19.1. The number of fused-ring (bicyclic) bond motifs is 2. The molecule has 2 N–H and O–H groups in total. The SMILES string of the molecule is CCCC[N+]1=C(CN2CCN(C)CC2)Cc2cc(NC(=O)C3Cc4c(F)ccc(C)c4N3)ccc2C1. The topological polar surface area (TPSA) is 50.6 Å². The Morgan fingerprint density at radius 2 is 1.97 bits per heavy atom. The highest BCUT2D eigenvalue weighted by Gasteiger charge is 2.31. The predicted octanol–water partition coefficient (Wildman–Crippen LogP) is 3.67. The van der Waals surface area contributed by atoms with E-state index in [1.54, 1.807) is 6.07 Å². The predicted molar refractivity (Wildman–Crippen MR) is 144 cm³/mol. The molecular weight excluding hydrogens is 453 g/mol. The van der Waals surface area contributed by atoms with Crippen LogP contribution in [-0.4, -0.2) is 78.4 Å². The molecular formula is C29H39FN5O+. The Labute approximate surface area is 214 Å². The van der Waals surface area contributed by atoms with Crippen LogP contribution in [0, 0.1) is 12.7 Å². The van der Waals surface area contributed by atoms with Crippen LogP contribution in [0.1, 0.15) is 42.0 Å². The molecule has 0 spiro atoms. The van der Waals surface area contributed by atoms with E-state index < -0.39 is 6.04 Å². The number of piperazine rings is 1. The maximum atomic E-state index is 14.3. The Hall–Kier alpha value is -2.77. The number of nitrogens with one attached hydrogen (secondary N) is 2. The lowest BCUT2D eigenvalue weighted by molar-refractivity contribution is -0.548. The highest BCUT2D eigenvalue weighted by molar-refractivity contribution is 5.98. The summed E-state index contributed by atoms with van der Waals surface area (Å²) in [7, 11) is 2.20. The van der Waals surface area contributed by atoms with Crippen molar-refractivity contribution < 1.29 is 13.8 Å². The molecule has 1 atom stereocenters. The Morgan fingerprint density at radius 1 is 1.17 bits per heavy atom. The molecule has 6 nitrogen and oxygen atoms in total. The van der Waals surface area contributed by atoms with Gasteiger partial charge in [0, 0.05) is 61.5 Å². The number of anilines is 2. The second-order valence-corrected chi connectivity index (χ2v) is 10.7. The summed E-state index contributed by atoms with van der Waals surface area (Å²) >= 11 is 0. The molecule has 36 heavy (non-hydrogen) atoms. The average molecular weight is 493 g/mol. The third-order valence-corrected chi connectivity index (χ3v) is 7.97. The van der Waals surface area contributed by atoms with Gasteiger partial charge >= 0.3 is 0 Å². The number of nitrogens with zero attached hydrogens (tertiary/aromatic N) is 3. The number of hydrogen-bond acceptors (Lipinski definition) is 4. The number of carbonyl (C=O) groups is 1. The first-order chi connectivity index (χ1) is 17.4. The van der Waals surface area contributed by atoms with Gasteiger partial charge < -0.3 is 15.5 Å². The van der Waals surface area contributed by atoms with Crippen LogP contribution in [0.25, 0.3) is 0 Å². The van der Waals surface area contributed by atoms with Crippen LogP contribution >= 0.6 is 0 Å². The van der Waals surface area contributed by atoms with E-state index in [1.165, 1.54) is 35.7 Å². The number of amides is 1. The summed E-state index contributed by atoms with van der Waals surface area (Å²) in [6.45, 7) is 11.7. The molecule has 2 aromatic carbocycles. The summed E-state index contributed by atoms with van der Waals surface area (Å²) < 4.78 is 16.9. The summed E-state index contributed by atoms with van der Waals surface area (Å²) in [4.78, 5) is 18.1. The number of unbranched alkanes of at least 4 members (excludes halogenated alkanes) is 1. The fraction of sp³-hybridized carbons (Fsp3) is 0.517. The van der Waals surface area contributed by atoms with Crippen molar-refractivity contribution >= 4 is 23.0 Å². The quantitative estimate of drug-likeness (QED) is 0.580. The number of halogens is 1. The van der Waals surface area contributed by atoms with E-state index in [9.17, 15) is 9.18 Å². The van der Waals surface area contributed by atoms with Crippen molar-refractivity contribution in [3.8, 4) is 0 Å². The molecule has 1 saturated heterocycles. The molecule has 1 fully saturated rings. The third-order valence-electron chi connectivity index (χ3n) is 7.97. The van der Waals surface area contributed by atoms with E-state index in [0.717, 1.165) is 69.2 Å². The van der Waals surface area contributed by atoms with Crippen LogP contribution in [0.5, 0.6) is 0 Å². The molecule has 0 radical (unpaired) electrons. The molecule has 3 heterocycles. The first kappa shape index (κ1) is 24.9. The number of likely N-dealkylation sites (N-methyl/N-ethyl adjacent to an activating group) is 1. The maximum Gasteiger partial charge on any atom is 0.247 e. The second-order valence-electron chi connectivity index (χ2n) is 10.7. The van der Waals surface area contributed by atoms with Crippen molar-refractivity contribution in [1.82, 2.24) is 9.80 Å². The number of benzene rings is 2. The van der Waals surface area contributed by atoms with Crippen LogP contribution in [0.3, 0.4) is 0 Å². The number of rotatable bonds is 7. The van der Waals surface area contributed by atoms with Gasteiger partial charge in [0.05, 0.1) is 13.0 Å². The van der Waals surface area contributed by atoms with Crippen molar-refractivity contribution in [3.63, 3.8) is 0 Å². The largest absolute Gasteiger partial charge is 0.373 e. The minimum absolute atomic E-state index is 0.119. The molecule has 0 bridgehead atoms. The Kier molecular flexibility index (Phi) is 7.39. The Balaban J connectivity index is 1.28. The minimum Gasteiger partial charge on any atom is -0.373 e. The summed E-state index contributed by atoms with van der Waals surface area (Å²) in [5.74, 6) is -0.366. The molecule has 192 valence electrons. The molecule has 1 amide bonds. The standard InChI is InChI=1S/C29H38FN5O/c1-4-5-10-35-18-21-7-8-23(15-22(21)16-24(35)19-34-13-11-33(3)12-14-34)31-29(36)27-17-25-26(30)9-6-20(2)28(25)32-27/h6-9,15,27,32H,4-5,10-14,16-19H2,1-3H3/p+1. The lowest BCUT2D eigenvalue weighted by atomic mass is 9.96. The van der Waals surface area contributed by atoms with Crippen molar-refractivity contribution in [2.75, 3.05) is 56.9 Å². The van der Waals surface area contributed by atoms with Crippen LogP contribution < -0.4 is 10.6 Å². The van der Waals surface area contributed by atoms with Gasteiger partial charge in [0.1, 0.15) is 18.4 Å².